The summed E-state index contributed by atoms with van der Waals surface area (Å²) >= 11 is 0. The molecule has 136 valence electrons. The van der Waals surface area contributed by atoms with Crippen molar-refractivity contribution in [3.05, 3.63) is 83.7 Å². The summed E-state index contributed by atoms with van der Waals surface area (Å²) in [7, 11) is 0. The lowest BCUT2D eigenvalue weighted by molar-refractivity contribution is 0.262. The minimum atomic E-state index is -0.586. The normalized spacial score (nSPS) is 9.68. The largest absolute Gasteiger partial charge is 0.454 e. The fourth-order valence-electron chi connectivity index (χ4n) is 2.36. The number of nitrogens with zero attached hydrogens (tertiary/aromatic N) is 1. The second-order valence-electron chi connectivity index (χ2n) is 5.69. The van der Waals surface area contributed by atoms with Crippen LogP contribution in [0.2, 0.25) is 0 Å². The summed E-state index contributed by atoms with van der Waals surface area (Å²) in [6.45, 7) is 0. The fourth-order valence-corrected chi connectivity index (χ4v) is 2.36. The SMILES string of the molecule is C#Cc1cccc(NC(=O)Nc2ccc(F)c(Oc3ccc(C#N)cc3)c2)c1. The van der Waals surface area contributed by atoms with Crippen molar-refractivity contribution >= 4 is 17.4 Å². The molecule has 6 heteroatoms. The van der Waals surface area contributed by atoms with Crippen LogP contribution >= 0.6 is 0 Å². The van der Waals surface area contributed by atoms with Crippen LogP contribution in [0.25, 0.3) is 0 Å². The van der Waals surface area contributed by atoms with Crippen molar-refractivity contribution < 1.29 is 13.9 Å². The van der Waals surface area contributed by atoms with Gasteiger partial charge in [0.2, 0.25) is 0 Å². The molecule has 0 aliphatic rings. The van der Waals surface area contributed by atoms with E-state index in [4.69, 9.17) is 16.4 Å². The molecule has 0 heterocycles. The standard InChI is InChI=1S/C22H14FN3O2/c1-2-15-4-3-5-17(12-15)25-22(27)26-18-8-11-20(23)21(13-18)28-19-9-6-16(14-24)7-10-19/h1,3-13H,(H2,25,26,27). The first-order chi connectivity index (χ1) is 13.6. The molecule has 3 rings (SSSR count). The number of terminal acetylenes is 1. The number of nitriles is 1. The topological polar surface area (TPSA) is 74.2 Å². The number of carbonyl (C=O) groups excluding carboxylic acids is 1. The monoisotopic (exact) mass is 371 g/mol. The predicted octanol–water partition coefficient (Wildman–Crippen LogP) is 5.11. The molecule has 3 aromatic rings. The van der Waals surface area contributed by atoms with Crippen molar-refractivity contribution in [1.82, 2.24) is 0 Å². The molecule has 0 aromatic heterocycles. The molecule has 0 fully saturated rings. The van der Waals surface area contributed by atoms with Crippen LogP contribution in [0.1, 0.15) is 11.1 Å². The summed E-state index contributed by atoms with van der Waals surface area (Å²) in [5, 5.41) is 14.1. The Bertz CT molecular complexity index is 1100. The lowest BCUT2D eigenvalue weighted by Gasteiger charge is -2.11. The molecule has 2 N–H and O–H groups in total. The van der Waals surface area contributed by atoms with Crippen LogP contribution in [0.5, 0.6) is 11.5 Å². The molecule has 28 heavy (non-hydrogen) atoms. The number of hydrogen-bond donors (Lipinski definition) is 2. The molecular weight excluding hydrogens is 357 g/mol. The second kappa shape index (κ2) is 8.39. The highest BCUT2D eigenvalue weighted by Gasteiger charge is 2.09. The highest BCUT2D eigenvalue weighted by atomic mass is 19.1. The maximum atomic E-state index is 14.0. The van der Waals surface area contributed by atoms with E-state index in [9.17, 15) is 9.18 Å². The van der Waals surface area contributed by atoms with E-state index in [2.05, 4.69) is 16.6 Å². The third kappa shape index (κ3) is 4.66. The molecule has 0 bridgehead atoms. The Morgan fingerprint density at radius 3 is 2.36 bits per heavy atom. The molecule has 5 nitrogen and oxygen atoms in total. The number of nitrogens with one attached hydrogen (secondary N) is 2. The van der Waals surface area contributed by atoms with Crippen LogP contribution in [0.15, 0.2) is 66.7 Å². The predicted molar refractivity (Wildman–Crippen MR) is 105 cm³/mol. The van der Waals surface area contributed by atoms with Crippen LogP contribution < -0.4 is 15.4 Å². The number of carbonyl (C=O) groups is 1. The van der Waals surface area contributed by atoms with Gasteiger partial charge in [0.1, 0.15) is 5.75 Å². The van der Waals surface area contributed by atoms with Gasteiger partial charge >= 0.3 is 6.03 Å². The van der Waals surface area contributed by atoms with Gasteiger partial charge in [-0.2, -0.15) is 5.26 Å². The fraction of sp³-hybridized carbons (Fsp3) is 0. The molecule has 0 unspecified atom stereocenters. The number of amides is 2. The number of anilines is 2. The molecule has 0 aliphatic carbocycles. The van der Waals surface area contributed by atoms with E-state index in [1.165, 1.54) is 18.2 Å². The first-order valence-corrected chi connectivity index (χ1v) is 8.19. The molecule has 0 saturated carbocycles. The Morgan fingerprint density at radius 1 is 0.964 bits per heavy atom. The summed E-state index contributed by atoms with van der Waals surface area (Å²) in [5.41, 5.74) is 1.98. The van der Waals surface area contributed by atoms with E-state index in [1.807, 2.05) is 6.07 Å². The van der Waals surface area contributed by atoms with Gasteiger partial charge in [-0.1, -0.05) is 12.0 Å². The number of ether oxygens (including phenoxy) is 1. The number of benzene rings is 3. The second-order valence-corrected chi connectivity index (χ2v) is 5.69. The average molecular weight is 371 g/mol. The molecule has 0 atom stereocenters. The van der Waals surface area contributed by atoms with Crippen LogP contribution in [0, 0.1) is 29.5 Å². The van der Waals surface area contributed by atoms with E-state index in [0.717, 1.165) is 0 Å². The Hall–Kier alpha value is -4.29. The Labute approximate surface area is 161 Å². The average Bonchev–Trinajstić information content (AvgIpc) is 2.71. The van der Waals surface area contributed by atoms with Crippen LogP contribution in [-0.4, -0.2) is 6.03 Å². The lowest BCUT2D eigenvalue weighted by Crippen LogP contribution is -2.19. The van der Waals surface area contributed by atoms with Gasteiger partial charge in [-0.05, 0) is 54.6 Å². The van der Waals surface area contributed by atoms with E-state index >= 15 is 0 Å². The molecule has 0 aliphatic heterocycles. The minimum absolute atomic E-state index is 0.0585. The minimum Gasteiger partial charge on any atom is -0.454 e. The smallest absolute Gasteiger partial charge is 0.323 e. The zero-order valence-electron chi connectivity index (χ0n) is 14.6. The van der Waals surface area contributed by atoms with Gasteiger partial charge in [0.25, 0.3) is 0 Å². The maximum absolute atomic E-state index is 14.0. The van der Waals surface area contributed by atoms with E-state index < -0.39 is 11.8 Å². The number of halogens is 1. The zero-order chi connectivity index (χ0) is 19.9. The van der Waals surface area contributed by atoms with Gasteiger partial charge in [0, 0.05) is 23.0 Å². The van der Waals surface area contributed by atoms with Crippen LogP contribution in [-0.2, 0) is 0 Å². The number of rotatable bonds is 4. The van der Waals surface area contributed by atoms with E-state index in [0.29, 0.717) is 28.3 Å². The van der Waals surface area contributed by atoms with Gasteiger partial charge in [-0.25, -0.2) is 9.18 Å². The van der Waals surface area contributed by atoms with Crippen molar-refractivity contribution in [2.75, 3.05) is 10.6 Å². The van der Waals surface area contributed by atoms with Gasteiger partial charge in [0.05, 0.1) is 11.6 Å². The molecule has 2 amide bonds. The first-order valence-electron chi connectivity index (χ1n) is 8.19. The van der Waals surface area contributed by atoms with Gasteiger partial charge < -0.3 is 15.4 Å². The molecule has 0 radical (unpaired) electrons. The molecule has 0 saturated heterocycles. The molecular formula is C22H14FN3O2. The van der Waals surface area contributed by atoms with Crippen molar-refractivity contribution in [2.45, 2.75) is 0 Å². The third-order valence-electron chi connectivity index (χ3n) is 3.69. The quantitative estimate of drug-likeness (QED) is 0.626. The first kappa shape index (κ1) is 18.5. The number of hydrogen-bond acceptors (Lipinski definition) is 3. The summed E-state index contributed by atoms with van der Waals surface area (Å²) in [5.74, 6) is 2.21. The highest BCUT2D eigenvalue weighted by Crippen LogP contribution is 2.27. The summed E-state index contributed by atoms with van der Waals surface area (Å²) in [4.78, 5) is 12.2. The molecule has 0 spiro atoms. The van der Waals surface area contributed by atoms with Gasteiger partial charge in [-0.15, -0.1) is 6.42 Å². The van der Waals surface area contributed by atoms with Crippen molar-refractivity contribution in [3.63, 3.8) is 0 Å². The Balaban J connectivity index is 1.70. The van der Waals surface area contributed by atoms with Crippen molar-refractivity contribution in [1.29, 1.82) is 5.26 Å². The Kier molecular flexibility index (Phi) is 5.55. The molecule has 3 aromatic carbocycles. The van der Waals surface area contributed by atoms with Gasteiger partial charge in [-0.3, -0.25) is 0 Å². The summed E-state index contributed by atoms with van der Waals surface area (Å²) in [6.07, 6.45) is 5.34. The number of urea groups is 1. The maximum Gasteiger partial charge on any atom is 0.323 e. The van der Waals surface area contributed by atoms with Crippen molar-refractivity contribution in [3.8, 4) is 29.9 Å². The van der Waals surface area contributed by atoms with E-state index in [-0.39, 0.29) is 5.75 Å². The van der Waals surface area contributed by atoms with Crippen molar-refractivity contribution in [2.24, 2.45) is 0 Å². The lowest BCUT2D eigenvalue weighted by atomic mass is 10.2. The van der Waals surface area contributed by atoms with Gasteiger partial charge in [0.15, 0.2) is 11.6 Å². The van der Waals surface area contributed by atoms with E-state index in [1.54, 1.807) is 48.5 Å². The van der Waals surface area contributed by atoms with Crippen LogP contribution in [0.3, 0.4) is 0 Å². The highest BCUT2D eigenvalue weighted by molar-refractivity contribution is 5.99. The summed E-state index contributed by atoms with van der Waals surface area (Å²) in [6, 6.07) is 18.5. The summed E-state index contributed by atoms with van der Waals surface area (Å²) < 4.78 is 19.5. The third-order valence-corrected chi connectivity index (χ3v) is 3.69. The Morgan fingerprint density at radius 2 is 1.68 bits per heavy atom. The zero-order valence-corrected chi connectivity index (χ0v) is 14.6. The van der Waals surface area contributed by atoms with Crippen LogP contribution in [0.4, 0.5) is 20.6 Å².